The zero-order valence-electron chi connectivity index (χ0n) is 16.3. The topological polar surface area (TPSA) is 90.0 Å². The van der Waals surface area contributed by atoms with E-state index in [1.807, 2.05) is 6.92 Å². The number of hydrogen-bond donors (Lipinski definition) is 0. The highest BCUT2D eigenvalue weighted by atomic mass is 32.2. The first-order valence-corrected chi connectivity index (χ1v) is 10.6. The summed E-state index contributed by atoms with van der Waals surface area (Å²) >= 11 is 0. The van der Waals surface area contributed by atoms with Crippen LogP contribution in [0.2, 0.25) is 0 Å². The zero-order valence-corrected chi connectivity index (χ0v) is 17.1. The summed E-state index contributed by atoms with van der Waals surface area (Å²) in [7, 11) is -2.96. The number of methoxy groups -OCH3 is 1. The van der Waals surface area contributed by atoms with Gasteiger partial charge in [0.05, 0.1) is 13.7 Å². The van der Waals surface area contributed by atoms with Crippen molar-refractivity contribution in [3.8, 4) is 5.75 Å². The Labute approximate surface area is 164 Å². The van der Waals surface area contributed by atoms with E-state index >= 15 is 0 Å². The number of ether oxygens (including phenoxy) is 2. The summed E-state index contributed by atoms with van der Waals surface area (Å²) in [6.07, 6.45) is 2.47. The van der Waals surface area contributed by atoms with Gasteiger partial charge in [-0.2, -0.15) is 4.31 Å². The molecule has 2 atom stereocenters. The van der Waals surface area contributed by atoms with Crippen LogP contribution >= 0.6 is 0 Å². The predicted molar refractivity (Wildman–Crippen MR) is 100 cm³/mol. The molecule has 9 heteroatoms. The van der Waals surface area contributed by atoms with E-state index in [4.69, 9.17) is 9.47 Å². The number of carbonyl (C=O) groups excluding carboxylic acids is 2. The number of nitrogens with zero attached hydrogens (tertiary/aromatic N) is 1. The summed E-state index contributed by atoms with van der Waals surface area (Å²) in [5.41, 5.74) is 0.251. The fourth-order valence-corrected chi connectivity index (χ4v) is 4.92. The van der Waals surface area contributed by atoms with Gasteiger partial charge in [-0.25, -0.2) is 12.8 Å². The summed E-state index contributed by atoms with van der Waals surface area (Å²) in [5, 5.41) is 0. The molecule has 0 amide bonds. The molecule has 28 heavy (non-hydrogen) atoms. The summed E-state index contributed by atoms with van der Waals surface area (Å²) in [6, 6.07) is 1.73. The number of sulfonamides is 1. The number of halogens is 1. The molecule has 0 bridgehead atoms. The number of esters is 1. The molecule has 1 aliphatic heterocycles. The Balaban J connectivity index is 2.34. The van der Waals surface area contributed by atoms with Crippen LogP contribution in [0.3, 0.4) is 0 Å². The minimum absolute atomic E-state index is 0.0349. The molecule has 0 saturated carbocycles. The smallest absolute Gasteiger partial charge is 0.324 e. The number of aldehydes is 1. The van der Waals surface area contributed by atoms with E-state index in [1.54, 1.807) is 0 Å². The lowest BCUT2D eigenvalue weighted by molar-refractivity contribution is -0.144. The minimum Gasteiger partial charge on any atom is -0.489 e. The van der Waals surface area contributed by atoms with Crippen molar-refractivity contribution in [2.75, 3.05) is 20.3 Å². The molecule has 0 unspecified atom stereocenters. The molecular formula is C19H26FNO6S. The molecule has 1 heterocycles. The molecule has 0 N–H and O–H groups in total. The van der Waals surface area contributed by atoms with Crippen LogP contribution in [0.15, 0.2) is 17.0 Å². The van der Waals surface area contributed by atoms with Crippen LogP contribution in [-0.2, 0) is 24.3 Å². The SMILES string of the molecule is COC(=O)[C@@H]1CCCN1S(=O)(=O)c1ccc(C)c(F)c1OCC[C@H](C)CC=O. The van der Waals surface area contributed by atoms with Crippen LogP contribution in [0.4, 0.5) is 4.39 Å². The van der Waals surface area contributed by atoms with E-state index in [0.29, 0.717) is 25.7 Å². The van der Waals surface area contributed by atoms with E-state index in [9.17, 15) is 22.4 Å². The van der Waals surface area contributed by atoms with Crippen molar-refractivity contribution in [1.29, 1.82) is 0 Å². The van der Waals surface area contributed by atoms with Crippen molar-refractivity contribution < 1.29 is 31.9 Å². The highest BCUT2D eigenvalue weighted by Gasteiger charge is 2.41. The molecule has 1 saturated heterocycles. The second kappa shape index (κ2) is 9.47. The van der Waals surface area contributed by atoms with Gasteiger partial charge in [0, 0.05) is 13.0 Å². The van der Waals surface area contributed by atoms with Crippen molar-refractivity contribution in [3.05, 3.63) is 23.5 Å². The van der Waals surface area contributed by atoms with Crippen LogP contribution in [0.1, 0.15) is 38.2 Å². The largest absolute Gasteiger partial charge is 0.489 e. The van der Waals surface area contributed by atoms with Gasteiger partial charge in [-0.05, 0) is 43.7 Å². The van der Waals surface area contributed by atoms with E-state index in [2.05, 4.69) is 0 Å². The molecule has 0 spiro atoms. The molecule has 1 aromatic rings. The molecule has 156 valence electrons. The van der Waals surface area contributed by atoms with Gasteiger partial charge in [0.1, 0.15) is 17.2 Å². The van der Waals surface area contributed by atoms with Crippen LogP contribution in [0.5, 0.6) is 5.75 Å². The standard InChI is InChI=1S/C19H26FNO6S/c1-13(8-11-22)9-12-27-18-16(7-6-14(2)17(18)20)28(24,25)21-10-4-5-15(21)19(23)26-3/h6-7,11,13,15H,4-5,8-10,12H2,1-3H3/t13-,15+/m1/s1. The Morgan fingerprint density at radius 1 is 1.43 bits per heavy atom. The number of aryl methyl sites for hydroxylation is 1. The van der Waals surface area contributed by atoms with Crippen molar-refractivity contribution in [2.45, 2.75) is 50.5 Å². The molecule has 7 nitrogen and oxygen atoms in total. The lowest BCUT2D eigenvalue weighted by atomic mass is 10.1. The third-order valence-corrected chi connectivity index (χ3v) is 6.81. The number of carbonyl (C=O) groups is 2. The first-order chi connectivity index (χ1) is 13.2. The van der Waals surface area contributed by atoms with Crippen molar-refractivity contribution in [1.82, 2.24) is 4.31 Å². The van der Waals surface area contributed by atoms with Gasteiger partial charge < -0.3 is 14.3 Å². The summed E-state index contributed by atoms with van der Waals surface area (Å²) in [4.78, 5) is 22.2. The number of rotatable bonds is 9. The number of hydrogen-bond acceptors (Lipinski definition) is 6. The normalized spacial score (nSPS) is 18.6. The monoisotopic (exact) mass is 415 g/mol. The van der Waals surface area contributed by atoms with E-state index < -0.39 is 27.9 Å². The third-order valence-electron chi connectivity index (χ3n) is 4.87. The third kappa shape index (κ3) is 4.70. The second-order valence-electron chi connectivity index (χ2n) is 6.97. The summed E-state index contributed by atoms with van der Waals surface area (Å²) in [5.74, 6) is -1.71. The van der Waals surface area contributed by atoms with E-state index in [-0.39, 0.29) is 35.3 Å². The molecule has 1 aliphatic rings. The second-order valence-corrected chi connectivity index (χ2v) is 8.82. The molecule has 1 fully saturated rings. The van der Waals surface area contributed by atoms with Gasteiger partial charge in [0.2, 0.25) is 10.0 Å². The molecule has 0 aliphatic carbocycles. The fourth-order valence-electron chi connectivity index (χ4n) is 3.14. The average molecular weight is 415 g/mol. The Morgan fingerprint density at radius 3 is 2.79 bits per heavy atom. The predicted octanol–water partition coefficient (Wildman–Crippen LogP) is 2.45. The van der Waals surface area contributed by atoms with Crippen LogP contribution in [0.25, 0.3) is 0 Å². The Bertz CT molecular complexity index is 826. The maximum atomic E-state index is 14.7. The first kappa shape index (κ1) is 22.3. The van der Waals surface area contributed by atoms with E-state index in [0.717, 1.165) is 10.6 Å². The van der Waals surface area contributed by atoms with Gasteiger partial charge in [0.25, 0.3) is 0 Å². The molecule has 0 radical (unpaired) electrons. The quantitative estimate of drug-likeness (QED) is 0.455. The first-order valence-electron chi connectivity index (χ1n) is 9.19. The Hall–Kier alpha value is -2.00. The average Bonchev–Trinajstić information content (AvgIpc) is 3.15. The van der Waals surface area contributed by atoms with Crippen LogP contribution < -0.4 is 4.74 Å². The Kier molecular flexibility index (Phi) is 7.54. The van der Waals surface area contributed by atoms with Crippen molar-refractivity contribution >= 4 is 22.3 Å². The molecule has 0 aromatic heterocycles. The van der Waals surface area contributed by atoms with Crippen LogP contribution in [0, 0.1) is 18.7 Å². The fraction of sp³-hybridized carbons (Fsp3) is 0.579. The maximum Gasteiger partial charge on any atom is 0.324 e. The van der Waals surface area contributed by atoms with Gasteiger partial charge in [-0.15, -0.1) is 0 Å². The lowest BCUT2D eigenvalue weighted by Gasteiger charge is -2.24. The minimum atomic E-state index is -4.16. The van der Waals surface area contributed by atoms with Crippen LogP contribution in [-0.4, -0.2) is 51.3 Å². The lowest BCUT2D eigenvalue weighted by Crippen LogP contribution is -2.41. The Morgan fingerprint density at radius 2 is 2.14 bits per heavy atom. The summed E-state index contributed by atoms with van der Waals surface area (Å²) in [6.45, 7) is 3.58. The van der Waals surface area contributed by atoms with Gasteiger partial charge in [-0.3, -0.25) is 4.79 Å². The molecule has 2 rings (SSSR count). The van der Waals surface area contributed by atoms with E-state index in [1.165, 1.54) is 26.2 Å². The van der Waals surface area contributed by atoms with Gasteiger partial charge >= 0.3 is 5.97 Å². The molecular weight excluding hydrogens is 389 g/mol. The number of benzene rings is 1. The van der Waals surface area contributed by atoms with Crippen molar-refractivity contribution in [3.63, 3.8) is 0 Å². The van der Waals surface area contributed by atoms with Gasteiger partial charge in [-0.1, -0.05) is 13.0 Å². The van der Waals surface area contributed by atoms with Gasteiger partial charge in [0.15, 0.2) is 11.6 Å². The highest BCUT2D eigenvalue weighted by molar-refractivity contribution is 7.89. The zero-order chi connectivity index (χ0) is 20.9. The van der Waals surface area contributed by atoms with Crippen molar-refractivity contribution in [2.24, 2.45) is 5.92 Å². The summed E-state index contributed by atoms with van der Waals surface area (Å²) < 4.78 is 52.3. The molecule has 1 aromatic carbocycles. The highest BCUT2D eigenvalue weighted by Crippen LogP contribution is 2.35. The maximum absolute atomic E-state index is 14.7.